The summed E-state index contributed by atoms with van der Waals surface area (Å²) in [5.41, 5.74) is 2.74. The Balaban J connectivity index is 1.58. The minimum Gasteiger partial charge on any atom is -0.322 e. The molecule has 0 bridgehead atoms. The Hall–Kier alpha value is -2.25. The van der Waals surface area contributed by atoms with E-state index in [2.05, 4.69) is 29.4 Å². The average molecular weight is 370 g/mol. The highest BCUT2D eigenvalue weighted by atomic mass is 16.2. The molecule has 144 valence electrons. The van der Waals surface area contributed by atoms with E-state index in [1.165, 1.54) is 0 Å². The molecule has 0 aromatic heterocycles. The van der Waals surface area contributed by atoms with Crippen LogP contribution >= 0.6 is 0 Å². The molecule has 1 aromatic rings. The van der Waals surface area contributed by atoms with Gasteiger partial charge in [-0.25, -0.2) is 0 Å². The quantitative estimate of drug-likeness (QED) is 0.763. The maximum atomic E-state index is 13.2. The van der Waals surface area contributed by atoms with Crippen molar-refractivity contribution in [2.75, 3.05) is 19.6 Å². The van der Waals surface area contributed by atoms with Gasteiger partial charge in [0.05, 0.1) is 0 Å². The summed E-state index contributed by atoms with van der Waals surface area (Å²) in [5, 5.41) is 5.78. The van der Waals surface area contributed by atoms with Crippen LogP contribution in [0.25, 0.3) is 0 Å². The minimum absolute atomic E-state index is 0.0198. The number of piperidine rings is 1. The van der Waals surface area contributed by atoms with Gasteiger partial charge in [0.1, 0.15) is 6.04 Å². The molecule has 3 amide bonds. The van der Waals surface area contributed by atoms with Crippen molar-refractivity contribution in [1.82, 2.24) is 20.4 Å². The summed E-state index contributed by atoms with van der Waals surface area (Å²) in [6, 6.07) is 5.41. The van der Waals surface area contributed by atoms with Crippen molar-refractivity contribution in [3.05, 3.63) is 34.9 Å². The molecule has 0 saturated carbocycles. The van der Waals surface area contributed by atoms with Gasteiger partial charge < -0.3 is 10.2 Å². The Kier molecular flexibility index (Phi) is 4.52. The summed E-state index contributed by atoms with van der Waals surface area (Å²) in [6.07, 6.45) is 0.670. The first-order chi connectivity index (χ1) is 12.9. The van der Waals surface area contributed by atoms with Crippen LogP contribution in [0.3, 0.4) is 0 Å². The Labute approximate surface area is 159 Å². The number of piperazine rings is 1. The number of carbonyl (C=O) groups is 3. The Morgan fingerprint density at radius 1 is 1.22 bits per heavy atom. The van der Waals surface area contributed by atoms with Crippen molar-refractivity contribution >= 4 is 17.7 Å². The van der Waals surface area contributed by atoms with Gasteiger partial charge in [-0.05, 0) is 31.4 Å². The summed E-state index contributed by atoms with van der Waals surface area (Å²) in [5.74, 6) is -0.720. The first-order valence-electron chi connectivity index (χ1n) is 9.58. The summed E-state index contributed by atoms with van der Waals surface area (Å²) in [7, 11) is 0. The van der Waals surface area contributed by atoms with Crippen LogP contribution in [0.4, 0.5) is 0 Å². The second-order valence-electron chi connectivity index (χ2n) is 8.26. The first-order valence-corrected chi connectivity index (χ1v) is 9.58. The molecule has 4 rings (SSSR count). The molecule has 3 aliphatic heterocycles. The normalized spacial score (nSPS) is 25.5. The van der Waals surface area contributed by atoms with Crippen molar-refractivity contribution in [2.24, 2.45) is 0 Å². The van der Waals surface area contributed by atoms with E-state index in [1.54, 1.807) is 4.90 Å². The van der Waals surface area contributed by atoms with Crippen molar-refractivity contribution in [1.29, 1.82) is 0 Å². The molecule has 3 aliphatic rings. The van der Waals surface area contributed by atoms with Crippen LogP contribution in [-0.4, -0.2) is 58.7 Å². The molecule has 0 aliphatic carbocycles. The molecule has 1 unspecified atom stereocenters. The fraction of sp³-hybridized carbons (Fsp3) is 0.550. The monoisotopic (exact) mass is 370 g/mol. The van der Waals surface area contributed by atoms with Gasteiger partial charge >= 0.3 is 0 Å². The molecule has 2 fully saturated rings. The number of hydrogen-bond acceptors (Lipinski definition) is 5. The lowest BCUT2D eigenvalue weighted by Gasteiger charge is -2.43. The molecular weight excluding hydrogens is 344 g/mol. The van der Waals surface area contributed by atoms with Crippen molar-refractivity contribution in [3.8, 4) is 0 Å². The van der Waals surface area contributed by atoms with E-state index in [-0.39, 0.29) is 29.7 Å². The maximum absolute atomic E-state index is 13.2. The second kappa shape index (κ2) is 6.73. The van der Waals surface area contributed by atoms with Crippen LogP contribution < -0.4 is 10.6 Å². The summed E-state index contributed by atoms with van der Waals surface area (Å²) >= 11 is 0. The van der Waals surface area contributed by atoms with Gasteiger partial charge in [0.2, 0.25) is 11.8 Å². The van der Waals surface area contributed by atoms with Gasteiger partial charge in [0.15, 0.2) is 0 Å². The molecule has 27 heavy (non-hydrogen) atoms. The van der Waals surface area contributed by atoms with Crippen LogP contribution in [0.5, 0.6) is 0 Å². The molecule has 2 saturated heterocycles. The number of imide groups is 1. The molecular formula is C20H26N4O3. The zero-order valence-corrected chi connectivity index (χ0v) is 15.9. The Morgan fingerprint density at radius 2 is 2.04 bits per heavy atom. The number of amides is 3. The molecule has 2 N–H and O–H groups in total. The lowest BCUT2D eigenvalue weighted by molar-refractivity contribution is -0.136. The highest BCUT2D eigenvalue weighted by molar-refractivity contribution is 6.05. The van der Waals surface area contributed by atoms with Crippen LogP contribution in [-0.2, 0) is 22.7 Å². The van der Waals surface area contributed by atoms with E-state index in [4.69, 9.17) is 0 Å². The molecule has 7 heteroatoms. The minimum atomic E-state index is -0.564. The Bertz CT molecular complexity index is 804. The van der Waals surface area contributed by atoms with E-state index in [0.717, 1.165) is 36.3 Å². The average Bonchev–Trinajstić information content (AvgIpc) is 2.94. The number of rotatable bonds is 3. The fourth-order valence-electron chi connectivity index (χ4n) is 4.34. The maximum Gasteiger partial charge on any atom is 0.255 e. The first kappa shape index (κ1) is 18.1. The number of benzene rings is 1. The van der Waals surface area contributed by atoms with Gasteiger partial charge in [-0.1, -0.05) is 18.2 Å². The highest BCUT2D eigenvalue weighted by Crippen LogP contribution is 2.31. The van der Waals surface area contributed by atoms with Gasteiger partial charge in [0, 0.05) is 50.2 Å². The summed E-state index contributed by atoms with van der Waals surface area (Å²) in [6.45, 7) is 8.35. The third kappa shape index (κ3) is 3.26. The molecule has 0 spiro atoms. The standard InChI is InChI=1S/C20H26N4O3/c1-20(2)12-21-8-9-23(20)10-13-4-3-5-14-11-24(19(27)17(13)14)15-6-7-16(25)22-18(15)26/h3-5,15,21H,6-12H2,1-2H3,(H,22,25,26). The third-order valence-corrected chi connectivity index (χ3v) is 5.97. The smallest absolute Gasteiger partial charge is 0.255 e. The Morgan fingerprint density at radius 3 is 2.78 bits per heavy atom. The zero-order chi connectivity index (χ0) is 19.2. The van der Waals surface area contributed by atoms with E-state index in [0.29, 0.717) is 19.5 Å². The zero-order valence-electron chi connectivity index (χ0n) is 15.9. The van der Waals surface area contributed by atoms with Gasteiger partial charge in [-0.2, -0.15) is 0 Å². The lowest BCUT2D eigenvalue weighted by atomic mass is 9.96. The predicted molar refractivity (Wildman–Crippen MR) is 99.8 cm³/mol. The number of nitrogens with zero attached hydrogens (tertiary/aromatic N) is 2. The second-order valence-corrected chi connectivity index (χ2v) is 8.26. The van der Waals surface area contributed by atoms with Crippen LogP contribution in [0.15, 0.2) is 18.2 Å². The van der Waals surface area contributed by atoms with E-state index >= 15 is 0 Å². The highest BCUT2D eigenvalue weighted by Gasteiger charge is 2.40. The van der Waals surface area contributed by atoms with E-state index in [9.17, 15) is 14.4 Å². The van der Waals surface area contributed by atoms with Gasteiger partial charge in [-0.15, -0.1) is 0 Å². The third-order valence-electron chi connectivity index (χ3n) is 5.97. The van der Waals surface area contributed by atoms with Crippen molar-refractivity contribution in [3.63, 3.8) is 0 Å². The number of nitrogens with one attached hydrogen (secondary N) is 2. The van der Waals surface area contributed by atoms with Crippen LogP contribution in [0.2, 0.25) is 0 Å². The summed E-state index contributed by atoms with van der Waals surface area (Å²) < 4.78 is 0. The SMILES string of the molecule is CC1(C)CNCCN1Cc1cccc2c1C(=O)N(C1CCC(=O)NC1=O)C2. The van der Waals surface area contributed by atoms with Gasteiger partial charge in [-0.3, -0.25) is 24.6 Å². The number of hydrogen-bond donors (Lipinski definition) is 2. The number of carbonyl (C=O) groups excluding carboxylic acids is 3. The fourth-order valence-corrected chi connectivity index (χ4v) is 4.34. The predicted octanol–water partition coefficient (Wildman–Crippen LogP) is 0.631. The lowest BCUT2D eigenvalue weighted by Crippen LogP contribution is -2.57. The molecule has 0 radical (unpaired) electrons. The molecule has 1 atom stereocenters. The van der Waals surface area contributed by atoms with Crippen LogP contribution in [0.1, 0.15) is 48.2 Å². The van der Waals surface area contributed by atoms with E-state index < -0.39 is 6.04 Å². The molecule has 7 nitrogen and oxygen atoms in total. The van der Waals surface area contributed by atoms with Crippen molar-refractivity contribution < 1.29 is 14.4 Å². The molecule has 1 aromatic carbocycles. The number of fused-ring (bicyclic) bond motifs is 1. The van der Waals surface area contributed by atoms with E-state index in [1.807, 2.05) is 18.2 Å². The largest absolute Gasteiger partial charge is 0.322 e. The van der Waals surface area contributed by atoms with Crippen LogP contribution in [0, 0.1) is 0 Å². The van der Waals surface area contributed by atoms with Crippen molar-refractivity contribution in [2.45, 2.75) is 51.4 Å². The molecule has 3 heterocycles. The van der Waals surface area contributed by atoms with Gasteiger partial charge in [0.25, 0.3) is 5.91 Å². The topological polar surface area (TPSA) is 81.8 Å². The summed E-state index contributed by atoms with van der Waals surface area (Å²) in [4.78, 5) is 40.9.